The molecule has 3 aromatic heterocycles. The molecule has 24 heteroatoms. The Morgan fingerprint density at radius 1 is 0.383 bits per heavy atom. The second-order valence-corrected chi connectivity index (χ2v) is 28.2. The number of ether oxygens (including phenoxy) is 3. The van der Waals surface area contributed by atoms with E-state index in [2.05, 4.69) is 16.0 Å². The molecule has 0 radical (unpaired) electrons. The summed E-state index contributed by atoms with van der Waals surface area (Å²) in [5.41, 5.74) is 19.9. The molecule has 6 rings (SSSR count). The summed E-state index contributed by atoms with van der Waals surface area (Å²) in [6, 6.07) is 22.7. The standard InChI is InChI=1S/C70H91N9O12S3/c1-68(2,3)89-65(86)77(58(80)40-46-31-37-92-43-46)55(16-10-13-34-71)62(83)74-52-25-19-49(20-26-52)61(50-21-27-53(28-22-50)75-63(84)56(17-11-14-35-72)78(66(87)90-69(4,5)6)59(81)41-47-32-38-93-44-47)51-23-29-54(30-24-51)76-64(85)57(18-12-15-36-73)79(67(88)91-70(7,8)9)60(82)42-48-33-39-94-45-48/h19-33,37-39,43-45,55-57,61H,10-18,34-36,40-42,71-73H2,1-9H3,(H,74,83)(H,75,84)(H,76,85)/t55-,56-,57-/m0/s1. The van der Waals surface area contributed by atoms with Crippen LogP contribution in [-0.4, -0.2) is 123 Å². The first-order chi connectivity index (χ1) is 44.6. The lowest BCUT2D eigenvalue weighted by Gasteiger charge is -2.31. The minimum atomic E-state index is -1.26. The van der Waals surface area contributed by atoms with Gasteiger partial charge in [-0.15, -0.1) is 0 Å². The predicted molar refractivity (Wildman–Crippen MR) is 370 cm³/mol. The van der Waals surface area contributed by atoms with Gasteiger partial charge in [-0.25, -0.2) is 29.1 Å². The van der Waals surface area contributed by atoms with Crippen LogP contribution in [0.4, 0.5) is 31.4 Å². The molecule has 0 saturated carbocycles. The zero-order valence-corrected chi connectivity index (χ0v) is 57.7. The van der Waals surface area contributed by atoms with Gasteiger partial charge in [0, 0.05) is 23.0 Å². The summed E-state index contributed by atoms with van der Waals surface area (Å²) >= 11 is 4.20. The number of rotatable bonds is 30. The average molecular weight is 1350 g/mol. The van der Waals surface area contributed by atoms with Crippen molar-refractivity contribution in [1.29, 1.82) is 0 Å². The topological polar surface area (TPSA) is 305 Å². The zero-order valence-electron chi connectivity index (χ0n) is 55.2. The molecule has 0 aliphatic rings. The summed E-state index contributed by atoms with van der Waals surface area (Å²) in [4.78, 5) is 131. The van der Waals surface area contributed by atoms with Crippen molar-refractivity contribution in [3.63, 3.8) is 0 Å². The SMILES string of the molecule is CC(C)(C)OC(=O)N(C(=O)Cc1ccsc1)[C@@H](CCCCN)C(=O)Nc1ccc(C(c2ccc(NC(=O)[C@H](CCCCN)N(C(=O)Cc3ccsc3)C(=O)OC(C)(C)C)cc2)c2ccc(NC(=O)[C@H](CCCCN)N(C(=O)Cc3ccsc3)C(=O)OC(C)(C)C)cc2)cc1. The van der Waals surface area contributed by atoms with Crippen molar-refractivity contribution in [2.45, 2.75) is 180 Å². The van der Waals surface area contributed by atoms with Gasteiger partial charge in [-0.1, -0.05) is 36.4 Å². The summed E-state index contributed by atoms with van der Waals surface area (Å²) in [7, 11) is 0. The first-order valence-electron chi connectivity index (χ1n) is 31.6. The Morgan fingerprint density at radius 2 is 0.628 bits per heavy atom. The van der Waals surface area contributed by atoms with E-state index in [1.165, 1.54) is 34.0 Å². The molecule has 3 heterocycles. The highest BCUT2D eigenvalue weighted by atomic mass is 32.1. The number of nitrogens with one attached hydrogen (secondary N) is 3. The third-order valence-electron chi connectivity index (χ3n) is 14.6. The Kier molecular flexibility index (Phi) is 28.2. The van der Waals surface area contributed by atoms with Crippen LogP contribution in [0.2, 0.25) is 0 Å². The Hall–Kier alpha value is -8.13. The average Bonchev–Trinajstić information content (AvgIpc) is 0.844. The van der Waals surface area contributed by atoms with E-state index in [-0.39, 0.29) is 38.5 Å². The maximum Gasteiger partial charge on any atom is 0.417 e. The predicted octanol–water partition coefficient (Wildman–Crippen LogP) is 12.4. The van der Waals surface area contributed by atoms with E-state index < -0.39 is 94.6 Å². The fourth-order valence-corrected chi connectivity index (χ4v) is 12.2. The van der Waals surface area contributed by atoms with Crippen molar-refractivity contribution >= 4 is 105 Å². The molecule has 0 spiro atoms. The quantitative estimate of drug-likeness (QED) is 0.0139. The molecule has 0 saturated heterocycles. The normalized spacial score (nSPS) is 12.6. The fourth-order valence-electron chi connectivity index (χ4n) is 10.2. The van der Waals surface area contributed by atoms with Crippen molar-refractivity contribution in [2.24, 2.45) is 17.2 Å². The van der Waals surface area contributed by atoms with E-state index >= 15 is 0 Å². The van der Waals surface area contributed by atoms with Crippen LogP contribution in [0.5, 0.6) is 0 Å². The molecular weight excluding hydrogens is 1260 g/mol. The van der Waals surface area contributed by atoms with Gasteiger partial charge in [0.05, 0.1) is 19.3 Å². The van der Waals surface area contributed by atoms with Crippen LogP contribution in [0.3, 0.4) is 0 Å². The van der Waals surface area contributed by atoms with Crippen LogP contribution >= 0.6 is 34.0 Å². The van der Waals surface area contributed by atoms with Crippen LogP contribution in [0, 0.1) is 0 Å². The molecule has 0 unspecified atom stereocenters. The molecule has 94 heavy (non-hydrogen) atoms. The number of imide groups is 3. The van der Waals surface area contributed by atoms with Crippen LogP contribution in [0.1, 0.15) is 159 Å². The minimum Gasteiger partial charge on any atom is -0.443 e. The van der Waals surface area contributed by atoms with E-state index in [9.17, 15) is 43.2 Å². The largest absolute Gasteiger partial charge is 0.443 e. The Morgan fingerprint density at radius 3 is 0.830 bits per heavy atom. The number of nitrogens with two attached hydrogens (primary N) is 3. The summed E-state index contributed by atoms with van der Waals surface area (Å²) in [6.07, 6.45) is -0.0789. The first kappa shape index (κ1) is 74.9. The molecule has 506 valence electrons. The number of unbranched alkanes of at least 4 members (excludes halogenated alkanes) is 3. The minimum absolute atomic E-state index is 0.111. The lowest BCUT2D eigenvalue weighted by Crippen LogP contribution is -2.52. The number of hydrogen-bond donors (Lipinski definition) is 6. The number of thiophene rings is 3. The zero-order chi connectivity index (χ0) is 68.8. The van der Waals surface area contributed by atoms with Gasteiger partial charge in [0.1, 0.15) is 34.9 Å². The highest BCUT2D eigenvalue weighted by Crippen LogP contribution is 2.35. The lowest BCUT2D eigenvalue weighted by molar-refractivity contribution is -0.137. The van der Waals surface area contributed by atoms with Gasteiger partial charge >= 0.3 is 18.3 Å². The Bertz CT molecular complexity index is 3070. The van der Waals surface area contributed by atoms with Crippen molar-refractivity contribution < 1.29 is 57.4 Å². The molecule has 0 fully saturated rings. The van der Waals surface area contributed by atoms with Crippen LogP contribution in [-0.2, 0) is 62.2 Å². The van der Waals surface area contributed by atoms with Crippen molar-refractivity contribution in [1.82, 2.24) is 14.7 Å². The molecule has 9 amide bonds. The van der Waals surface area contributed by atoms with Gasteiger partial charge in [0.15, 0.2) is 0 Å². The number of carbonyl (C=O) groups is 9. The molecule has 0 bridgehead atoms. The molecule has 0 aliphatic heterocycles. The molecule has 9 N–H and O–H groups in total. The van der Waals surface area contributed by atoms with Gasteiger partial charge in [0.2, 0.25) is 35.4 Å². The maximum atomic E-state index is 14.6. The summed E-state index contributed by atoms with van der Waals surface area (Å²) in [6.45, 7) is 16.1. The van der Waals surface area contributed by atoms with Gasteiger partial charge in [-0.05, 0) is 260 Å². The third kappa shape index (κ3) is 23.4. The number of amides is 9. The molecule has 0 aliphatic carbocycles. The summed E-state index contributed by atoms with van der Waals surface area (Å²) < 4.78 is 17.2. The van der Waals surface area contributed by atoms with E-state index in [0.717, 1.165) is 31.4 Å². The van der Waals surface area contributed by atoms with E-state index in [0.29, 0.717) is 91.9 Å². The smallest absolute Gasteiger partial charge is 0.417 e. The first-order valence-corrected chi connectivity index (χ1v) is 34.4. The van der Waals surface area contributed by atoms with Crippen LogP contribution in [0.15, 0.2) is 123 Å². The monoisotopic (exact) mass is 1350 g/mol. The van der Waals surface area contributed by atoms with Gasteiger partial charge in [-0.2, -0.15) is 34.0 Å². The second kappa shape index (κ2) is 35.4. The summed E-state index contributed by atoms with van der Waals surface area (Å²) in [5, 5.41) is 19.7. The molecular formula is C70H91N9O12S3. The molecule has 3 aromatic carbocycles. The van der Waals surface area contributed by atoms with E-state index in [4.69, 9.17) is 31.4 Å². The van der Waals surface area contributed by atoms with E-state index in [1.54, 1.807) is 133 Å². The third-order valence-corrected chi connectivity index (χ3v) is 16.8. The summed E-state index contributed by atoms with van der Waals surface area (Å²) in [5.74, 6) is -4.24. The second-order valence-electron chi connectivity index (χ2n) is 25.8. The molecule has 21 nitrogen and oxygen atoms in total. The van der Waals surface area contributed by atoms with Crippen LogP contribution in [0.25, 0.3) is 0 Å². The van der Waals surface area contributed by atoms with Crippen molar-refractivity contribution in [3.05, 3.63) is 157 Å². The number of benzene rings is 3. The van der Waals surface area contributed by atoms with Crippen molar-refractivity contribution in [2.75, 3.05) is 35.6 Å². The highest BCUT2D eigenvalue weighted by Gasteiger charge is 2.41. The maximum absolute atomic E-state index is 14.6. The highest BCUT2D eigenvalue weighted by molar-refractivity contribution is 7.08. The van der Waals surface area contributed by atoms with Crippen molar-refractivity contribution in [3.8, 4) is 0 Å². The molecule has 3 atom stereocenters. The Balaban J connectivity index is 1.37. The number of nitrogens with zero attached hydrogens (tertiary/aromatic N) is 3. The van der Waals surface area contributed by atoms with Gasteiger partial charge in [0.25, 0.3) is 0 Å². The van der Waals surface area contributed by atoms with Gasteiger partial charge < -0.3 is 47.4 Å². The van der Waals surface area contributed by atoms with Gasteiger partial charge in [-0.3, -0.25) is 28.8 Å². The lowest BCUT2D eigenvalue weighted by atomic mass is 9.85. The van der Waals surface area contributed by atoms with Crippen LogP contribution < -0.4 is 33.2 Å². The Labute approximate surface area is 563 Å². The number of anilines is 3. The number of carbonyl (C=O) groups excluding carboxylic acids is 9. The van der Waals surface area contributed by atoms with E-state index in [1.807, 2.05) is 52.5 Å². The molecule has 6 aromatic rings. The fraction of sp³-hybridized carbons (Fsp3) is 0.443. The number of hydrogen-bond acceptors (Lipinski definition) is 18.